The molecule has 1 fully saturated rings. The SMILES string of the molecule is COc1c(F)ccc2cc(-c3nc4cc5c(cc4n3C)CCN(CC(N)CF)C5=O)n(CC3CC3)c12. The molecule has 36 heavy (non-hydrogen) atoms. The highest BCUT2D eigenvalue weighted by Crippen LogP contribution is 2.40. The van der Waals surface area contributed by atoms with Crippen LogP contribution < -0.4 is 10.5 Å². The van der Waals surface area contributed by atoms with E-state index in [0.29, 0.717) is 30.0 Å². The van der Waals surface area contributed by atoms with Crippen molar-refractivity contribution < 1.29 is 18.3 Å². The third-order valence-electron chi connectivity index (χ3n) is 7.47. The van der Waals surface area contributed by atoms with Gasteiger partial charge in [-0.2, -0.15) is 0 Å². The average molecular weight is 494 g/mol. The van der Waals surface area contributed by atoms with E-state index in [0.717, 1.165) is 52.9 Å². The van der Waals surface area contributed by atoms with E-state index in [-0.39, 0.29) is 24.0 Å². The molecule has 1 aliphatic carbocycles. The fraction of sp³-hybridized carbons (Fsp3) is 0.407. The number of carbonyl (C=O) groups excluding carboxylic acids is 1. The lowest BCUT2D eigenvalue weighted by Gasteiger charge is -2.30. The number of fused-ring (bicyclic) bond motifs is 3. The number of carbonyl (C=O) groups is 1. The van der Waals surface area contributed by atoms with Gasteiger partial charge < -0.3 is 24.5 Å². The zero-order valence-corrected chi connectivity index (χ0v) is 20.4. The Morgan fingerprint density at radius 2 is 2.06 bits per heavy atom. The molecule has 2 aromatic heterocycles. The number of hydrogen-bond acceptors (Lipinski definition) is 4. The van der Waals surface area contributed by atoms with Gasteiger partial charge in [0.1, 0.15) is 6.67 Å². The Kier molecular flexibility index (Phi) is 5.48. The number of hydrogen-bond donors (Lipinski definition) is 1. The largest absolute Gasteiger partial charge is 0.492 e. The maximum absolute atomic E-state index is 14.6. The Hall–Kier alpha value is -3.46. The molecule has 0 spiro atoms. The van der Waals surface area contributed by atoms with Crippen molar-refractivity contribution in [1.82, 2.24) is 19.0 Å². The molecular weight excluding hydrogens is 464 g/mol. The number of halogens is 2. The predicted octanol–water partition coefficient (Wildman–Crippen LogP) is 4.05. The summed E-state index contributed by atoms with van der Waals surface area (Å²) in [6.45, 7) is 0.806. The molecule has 2 aliphatic rings. The number of imidazole rings is 1. The third-order valence-corrected chi connectivity index (χ3v) is 7.47. The molecule has 1 amide bonds. The zero-order chi connectivity index (χ0) is 25.1. The second kappa shape index (κ2) is 8.58. The Morgan fingerprint density at radius 1 is 1.25 bits per heavy atom. The predicted molar refractivity (Wildman–Crippen MR) is 134 cm³/mol. The van der Waals surface area contributed by atoms with Crippen LogP contribution in [0.2, 0.25) is 0 Å². The van der Waals surface area contributed by atoms with Gasteiger partial charge in [0.05, 0.1) is 35.4 Å². The Balaban J connectivity index is 1.48. The summed E-state index contributed by atoms with van der Waals surface area (Å²) in [6.07, 6.45) is 2.97. The van der Waals surface area contributed by atoms with E-state index in [2.05, 4.69) is 4.57 Å². The standard InChI is InChI=1S/C27H29F2N5O2/c1-32-22-9-16-7-8-33(14-18(30)12-28)27(35)19(16)11-21(22)31-26(32)23-10-17-5-6-20(29)25(36-2)24(17)34(23)13-15-3-4-15/h5-6,9-11,15,18H,3-4,7-8,12-14,30H2,1-2H3. The number of aryl methyl sites for hydroxylation is 1. The van der Waals surface area contributed by atoms with Crippen molar-refractivity contribution in [3.05, 3.63) is 47.3 Å². The molecule has 0 saturated heterocycles. The van der Waals surface area contributed by atoms with Crippen molar-refractivity contribution >= 4 is 27.8 Å². The van der Waals surface area contributed by atoms with Crippen molar-refractivity contribution in [3.63, 3.8) is 0 Å². The van der Waals surface area contributed by atoms with Gasteiger partial charge in [-0.1, -0.05) is 0 Å². The third kappa shape index (κ3) is 3.64. The Morgan fingerprint density at radius 3 is 2.78 bits per heavy atom. The fourth-order valence-electron chi connectivity index (χ4n) is 5.38. The number of nitrogens with zero attached hydrogens (tertiary/aromatic N) is 4. The van der Waals surface area contributed by atoms with Gasteiger partial charge in [0.2, 0.25) is 0 Å². The minimum atomic E-state index is -0.684. The van der Waals surface area contributed by atoms with Gasteiger partial charge in [0.15, 0.2) is 17.4 Å². The van der Waals surface area contributed by atoms with Crippen LogP contribution in [0, 0.1) is 11.7 Å². The highest BCUT2D eigenvalue weighted by molar-refractivity contribution is 6.01. The quantitative estimate of drug-likeness (QED) is 0.421. The normalized spacial score (nSPS) is 16.7. The molecule has 1 saturated carbocycles. The van der Waals surface area contributed by atoms with Gasteiger partial charge in [-0.05, 0) is 61.1 Å². The van der Waals surface area contributed by atoms with Crippen LogP contribution in [-0.4, -0.2) is 57.8 Å². The number of amides is 1. The van der Waals surface area contributed by atoms with Gasteiger partial charge in [-0.3, -0.25) is 4.79 Å². The van der Waals surface area contributed by atoms with Gasteiger partial charge in [0.25, 0.3) is 5.91 Å². The van der Waals surface area contributed by atoms with Crippen molar-refractivity contribution in [2.45, 2.75) is 31.8 Å². The lowest BCUT2D eigenvalue weighted by molar-refractivity contribution is 0.0725. The monoisotopic (exact) mass is 493 g/mol. The first-order valence-corrected chi connectivity index (χ1v) is 12.4. The van der Waals surface area contributed by atoms with E-state index in [4.69, 9.17) is 15.5 Å². The average Bonchev–Trinajstić information content (AvgIpc) is 3.55. The molecule has 188 valence electrons. The molecule has 0 bridgehead atoms. The van der Waals surface area contributed by atoms with E-state index < -0.39 is 12.7 Å². The summed E-state index contributed by atoms with van der Waals surface area (Å²) in [4.78, 5) is 19.7. The highest BCUT2D eigenvalue weighted by Gasteiger charge is 2.29. The lowest BCUT2D eigenvalue weighted by atomic mass is 9.97. The topological polar surface area (TPSA) is 78.3 Å². The van der Waals surface area contributed by atoms with Crippen LogP contribution in [0.4, 0.5) is 8.78 Å². The van der Waals surface area contributed by atoms with Crippen molar-refractivity contribution in [1.29, 1.82) is 0 Å². The minimum Gasteiger partial charge on any atom is -0.492 e. The van der Waals surface area contributed by atoms with Crippen molar-refractivity contribution in [3.8, 4) is 17.3 Å². The molecule has 2 aromatic carbocycles. The van der Waals surface area contributed by atoms with Gasteiger partial charge in [0, 0.05) is 37.6 Å². The molecule has 0 radical (unpaired) electrons. The minimum absolute atomic E-state index is 0.141. The van der Waals surface area contributed by atoms with E-state index >= 15 is 0 Å². The first-order valence-electron chi connectivity index (χ1n) is 12.4. The summed E-state index contributed by atoms with van der Waals surface area (Å²) in [5, 5.41) is 0.894. The smallest absolute Gasteiger partial charge is 0.254 e. The van der Waals surface area contributed by atoms with E-state index in [1.54, 1.807) is 11.0 Å². The summed E-state index contributed by atoms with van der Waals surface area (Å²) >= 11 is 0. The molecule has 6 rings (SSSR count). The first-order chi connectivity index (χ1) is 17.4. The Bertz CT molecular complexity index is 1500. The maximum atomic E-state index is 14.6. The molecule has 7 nitrogen and oxygen atoms in total. The second-order valence-corrected chi connectivity index (χ2v) is 10.0. The maximum Gasteiger partial charge on any atom is 0.254 e. The van der Waals surface area contributed by atoms with Crippen LogP contribution in [-0.2, 0) is 20.0 Å². The lowest BCUT2D eigenvalue weighted by Crippen LogP contribution is -2.45. The van der Waals surface area contributed by atoms with Crippen LogP contribution in [0.1, 0.15) is 28.8 Å². The summed E-state index contributed by atoms with van der Waals surface area (Å²) in [5.41, 5.74) is 10.6. The number of ether oxygens (including phenoxy) is 1. The fourth-order valence-corrected chi connectivity index (χ4v) is 5.38. The number of methoxy groups -OCH3 is 1. The summed E-state index contributed by atoms with van der Waals surface area (Å²) in [5.74, 6) is 1.01. The number of nitrogens with two attached hydrogens (primary N) is 1. The van der Waals surface area contributed by atoms with Crippen LogP contribution in [0.15, 0.2) is 30.3 Å². The molecule has 1 aliphatic heterocycles. The van der Waals surface area contributed by atoms with Crippen LogP contribution in [0.25, 0.3) is 33.5 Å². The zero-order valence-electron chi connectivity index (χ0n) is 20.4. The van der Waals surface area contributed by atoms with Crippen molar-refractivity contribution in [2.24, 2.45) is 18.7 Å². The second-order valence-electron chi connectivity index (χ2n) is 10.0. The molecule has 1 atom stereocenters. The van der Waals surface area contributed by atoms with Crippen LogP contribution in [0.3, 0.4) is 0 Å². The number of alkyl halides is 1. The molecule has 2 N–H and O–H groups in total. The number of benzene rings is 2. The van der Waals surface area contributed by atoms with E-state index in [9.17, 15) is 13.6 Å². The number of rotatable bonds is 7. The first kappa shape index (κ1) is 23.0. The van der Waals surface area contributed by atoms with Gasteiger partial charge in [-0.15, -0.1) is 0 Å². The highest BCUT2D eigenvalue weighted by atomic mass is 19.1. The van der Waals surface area contributed by atoms with Crippen molar-refractivity contribution in [2.75, 3.05) is 26.9 Å². The number of aromatic nitrogens is 3. The Labute approximate surface area is 207 Å². The summed E-state index contributed by atoms with van der Waals surface area (Å²) in [7, 11) is 3.46. The van der Waals surface area contributed by atoms with E-state index in [1.807, 2.05) is 29.8 Å². The summed E-state index contributed by atoms with van der Waals surface area (Å²) < 4.78 is 37.2. The molecule has 4 aromatic rings. The molecular formula is C27H29F2N5O2. The molecule has 1 unspecified atom stereocenters. The summed E-state index contributed by atoms with van der Waals surface area (Å²) in [6, 6.07) is 8.41. The van der Waals surface area contributed by atoms with Crippen LogP contribution >= 0.6 is 0 Å². The van der Waals surface area contributed by atoms with Crippen LogP contribution in [0.5, 0.6) is 5.75 Å². The molecule has 3 heterocycles. The molecule has 9 heteroatoms. The van der Waals surface area contributed by atoms with E-state index in [1.165, 1.54) is 13.2 Å². The van der Waals surface area contributed by atoms with Gasteiger partial charge >= 0.3 is 0 Å². The van der Waals surface area contributed by atoms with Gasteiger partial charge in [-0.25, -0.2) is 13.8 Å².